The van der Waals surface area contributed by atoms with Crippen LogP contribution >= 0.6 is 0 Å². The number of nitrogens with zero attached hydrogens (tertiary/aromatic N) is 4. The molecular weight excluding hydrogens is 725 g/mol. The lowest BCUT2D eigenvalue weighted by Gasteiger charge is -2.28. The molecule has 0 radical (unpaired) electrons. The largest absolute Gasteiger partial charge is 0.465 e. The van der Waals surface area contributed by atoms with E-state index in [4.69, 9.17) is 14.7 Å². The number of amides is 4. The quantitative estimate of drug-likeness (QED) is 0.112. The van der Waals surface area contributed by atoms with Crippen LogP contribution in [0.3, 0.4) is 0 Å². The first-order chi connectivity index (χ1) is 27.7. The summed E-state index contributed by atoms with van der Waals surface area (Å²) >= 11 is 0. The van der Waals surface area contributed by atoms with E-state index in [-0.39, 0.29) is 23.9 Å². The summed E-state index contributed by atoms with van der Waals surface area (Å²) in [6.07, 6.45) is 1.02. The SMILES string of the molecule is COC(=O)N[C@@H](C(=O)N1CCC[C@H]1c1nc2ccc(C#Cc3ccc4nc([C@@H]5CCCN5C(=O)[C@H](NC(=O)O)c5ccccc5)[nH]c4c3)cc2[nH]1)c1ccccc1. The Morgan fingerprint density at radius 2 is 1.16 bits per heavy atom. The molecule has 4 atom stereocenters. The lowest BCUT2D eigenvalue weighted by molar-refractivity contribution is -0.135. The summed E-state index contributed by atoms with van der Waals surface area (Å²) in [7, 11) is 1.27. The van der Waals surface area contributed by atoms with Crippen LogP contribution in [0.4, 0.5) is 9.59 Å². The second-order valence-corrected chi connectivity index (χ2v) is 14.1. The van der Waals surface area contributed by atoms with Gasteiger partial charge < -0.3 is 40.2 Å². The van der Waals surface area contributed by atoms with Crippen LogP contribution in [0.25, 0.3) is 22.1 Å². The van der Waals surface area contributed by atoms with E-state index in [1.165, 1.54) is 7.11 Å². The fraction of sp³-hybridized carbons (Fsp3) is 0.256. The fourth-order valence-electron chi connectivity index (χ4n) is 7.80. The van der Waals surface area contributed by atoms with Crippen LogP contribution in [-0.2, 0) is 14.3 Å². The van der Waals surface area contributed by atoms with Crippen LogP contribution in [-0.4, -0.2) is 79.0 Å². The number of likely N-dealkylation sites (tertiary alicyclic amines) is 2. The van der Waals surface area contributed by atoms with Crippen LogP contribution in [0.1, 0.15) is 83.8 Å². The number of rotatable bonds is 8. The fourth-order valence-corrected chi connectivity index (χ4v) is 7.80. The zero-order valence-corrected chi connectivity index (χ0v) is 31.1. The van der Waals surface area contributed by atoms with E-state index in [9.17, 15) is 24.3 Å². The molecule has 4 amide bonds. The highest BCUT2D eigenvalue weighted by Crippen LogP contribution is 2.35. The van der Waals surface area contributed by atoms with Gasteiger partial charge in [0.1, 0.15) is 23.7 Å². The maximum Gasteiger partial charge on any atom is 0.407 e. The van der Waals surface area contributed by atoms with Crippen molar-refractivity contribution in [2.45, 2.75) is 49.9 Å². The van der Waals surface area contributed by atoms with Gasteiger partial charge in [0.2, 0.25) is 0 Å². The van der Waals surface area contributed by atoms with E-state index in [0.717, 1.165) is 52.5 Å². The third-order valence-corrected chi connectivity index (χ3v) is 10.5. The summed E-state index contributed by atoms with van der Waals surface area (Å²) in [5, 5.41) is 14.6. The second-order valence-electron chi connectivity index (χ2n) is 14.1. The first-order valence-electron chi connectivity index (χ1n) is 18.8. The van der Waals surface area contributed by atoms with Crippen molar-refractivity contribution in [1.82, 2.24) is 40.4 Å². The molecule has 2 fully saturated rings. The monoisotopic (exact) mass is 764 g/mol. The van der Waals surface area contributed by atoms with Gasteiger partial charge in [0.25, 0.3) is 11.8 Å². The molecule has 6 aromatic rings. The number of aromatic nitrogens is 4. The predicted octanol–water partition coefficient (Wildman–Crippen LogP) is 6.27. The highest BCUT2D eigenvalue weighted by molar-refractivity contribution is 5.88. The molecule has 14 heteroatoms. The van der Waals surface area contributed by atoms with Gasteiger partial charge >= 0.3 is 12.2 Å². The summed E-state index contributed by atoms with van der Waals surface area (Å²) in [6, 6.07) is 26.9. The van der Waals surface area contributed by atoms with Gasteiger partial charge in [-0.2, -0.15) is 0 Å². The smallest absolute Gasteiger partial charge is 0.407 e. The van der Waals surface area contributed by atoms with Crippen molar-refractivity contribution in [3.63, 3.8) is 0 Å². The number of hydrogen-bond acceptors (Lipinski definition) is 7. The van der Waals surface area contributed by atoms with E-state index in [2.05, 4.69) is 32.4 Å². The minimum Gasteiger partial charge on any atom is -0.465 e. The molecule has 4 heterocycles. The number of alkyl carbamates (subject to hydrolysis) is 1. The van der Waals surface area contributed by atoms with Gasteiger partial charge in [0.15, 0.2) is 0 Å². The normalized spacial score (nSPS) is 17.5. The maximum atomic E-state index is 13.9. The molecule has 2 aromatic heterocycles. The Labute approximate surface area is 327 Å². The summed E-state index contributed by atoms with van der Waals surface area (Å²) in [6.45, 7) is 1.02. The first kappa shape index (κ1) is 36.8. The summed E-state index contributed by atoms with van der Waals surface area (Å²) in [5.41, 5.74) is 5.84. The van der Waals surface area contributed by atoms with Gasteiger partial charge in [-0.05, 0) is 73.2 Å². The number of nitrogens with one attached hydrogen (secondary N) is 4. The lowest BCUT2D eigenvalue weighted by atomic mass is 10.1. The van der Waals surface area contributed by atoms with Gasteiger partial charge in [-0.3, -0.25) is 9.59 Å². The molecular formula is C43H40N8O6. The number of carbonyl (C=O) groups is 4. The van der Waals surface area contributed by atoms with Gasteiger partial charge in [0, 0.05) is 24.2 Å². The first-order valence-corrected chi connectivity index (χ1v) is 18.8. The third-order valence-electron chi connectivity index (χ3n) is 10.5. The molecule has 57 heavy (non-hydrogen) atoms. The third kappa shape index (κ3) is 7.72. The Morgan fingerprint density at radius 1 is 0.702 bits per heavy atom. The predicted molar refractivity (Wildman–Crippen MR) is 211 cm³/mol. The molecule has 0 aliphatic carbocycles. The zero-order chi connectivity index (χ0) is 39.5. The Morgan fingerprint density at radius 3 is 1.60 bits per heavy atom. The Balaban J connectivity index is 0.988. The number of ether oxygens (including phenoxy) is 1. The molecule has 0 unspecified atom stereocenters. The van der Waals surface area contributed by atoms with Crippen molar-refractivity contribution in [3.05, 3.63) is 131 Å². The van der Waals surface area contributed by atoms with Gasteiger partial charge in [0.05, 0.1) is 41.3 Å². The number of aromatic amines is 2. The zero-order valence-electron chi connectivity index (χ0n) is 31.1. The maximum absolute atomic E-state index is 13.9. The molecule has 14 nitrogen and oxygen atoms in total. The van der Waals surface area contributed by atoms with Crippen molar-refractivity contribution < 1.29 is 29.0 Å². The van der Waals surface area contributed by atoms with Crippen molar-refractivity contribution in [2.24, 2.45) is 0 Å². The van der Waals surface area contributed by atoms with Crippen LogP contribution < -0.4 is 10.6 Å². The molecule has 5 N–H and O–H groups in total. The lowest BCUT2D eigenvalue weighted by Crippen LogP contribution is -2.42. The van der Waals surface area contributed by atoms with Crippen molar-refractivity contribution in [2.75, 3.05) is 20.2 Å². The number of carboxylic acid groups (broad SMARTS) is 1. The van der Waals surface area contributed by atoms with Crippen molar-refractivity contribution in [1.29, 1.82) is 0 Å². The highest BCUT2D eigenvalue weighted by atomic mass is 16.5. The Hall–Kier alpha value is -7.14. The van der Waals surface area contributed by atoms with E-state index in [1.807, 2.05) is 60.7 Å². The molecule has 4 aromatic carbocycles. The number of imidazole rings is 2. The van der Waals surface area contributed by atoms with Crippen LogP contribution in [0, 0.1) is 11.8 Å². The minimum atomic E-state index is -1.27. The Kier molecular flexibility index (Phi) is 10.3. The van der Waals surface area contributed by atoms with Crippen LogP contribution in [0.2, 0.25) is 0 Å². The molecule has 2 saturated heterocycles. The number of fused-ring (bicyclic) bond motifs is 2. The van der Waals surface area contributed by atoms with Crippen LogP contribution in [0.15, 0.2) is 97.1 Å². The van der Waals surface area contributed by atoms with E-state index >= 15 is 0 Å². The number of carbonyl (C=O) groups excluding carboxylic acids is 3. The van der Waals surface area contributed by atoms with Gasteiger partial charge in [-0.25, -0.2) is 19.6 Å². The second kappa shape index (κ2) is 15.9. The molecule has 0 spiro atoms. The van der Waals surface area contributed by atoms with Gasteiger partial charge in [-0.1, -0.05) is 72.5 Å². The minimum absolute atomic E-state index is 0.235. The highest BCUT2D eigenvalue weighted by Gasteiger charge is 2.38. The van der Waals surface area contributed by atoms with E-state index < -0.39 is 24.3 Å². The molecule has 2 aliphatic rings. The number of hydrogen-bond donors (Lipinski definition) is 5. The van der Waals surface area contributed by atoms with Crippen molar-refractivity contribution in [3.8, 4) is 11.8 Å². The Bertz CT molecular complexity index is 2520. The van der Waals surface area contributed by atoms with E-state index in [1.54, 1.807) is 46.2 Å². The summed E-state index contributed by atoms with van der Waals surface area (Å²) in [4.78, 5) is 71.5. The van der Waals surface area contributed by atoms with Crippen LogP contribution in [0.5, 0.6) is 0 Å². The topological polar surface area (TPSA) is 186 Å². The van der Waals surface area contributed by atoms with Crippen molar-refractivity contribution >= 4 is 46.1 Å². The summed E-state index contributed by atoms with van der Waals surface area (Å²) < 4.78 is 4.82. The number of methoxy groups -OCH3 is 1. The number of H-pyrrole nitrogens is 2. The standard InChI is InChI=1S/C43H40N8O6/c1-57-43(56)49-37(29-12-6-3-7-13-29)41(53)51-23-9-15-35(51)39-45-31-21-19-27(25-33(31)47-39)17-16-26-18-20-30-32(24-26)46-38(44-30)34-14-8-22-50(34)40(52)36(48-42(54)55)28-10-4-2-5-11-28/h2-7,10-13,18-21,24-25,34-37,48H,8-9,14-15,22-23H2,1H3,(H,44,46)(H,45,47)(H,49,56)(H,54,55)/t34-,35-,36+,37+/m0/s1. The molecule has 8 rings (SSSR count). The average molecular weight is 765 g/mol. The molecule has 2 aliphatic heterocycles. The molecule has 0 bridgehead atoms. The average Bonchev–Trinajstić information content (AvgIpc) is 4.06. The van der Waals surface area contributed by atoms with Gasteiger partial charge in [-0.15, -0.1) is 0 Å². The molecule has 0 saturated carbocycles. The molecule has 288 valence electrons. The van der Waals surface area contributed by atoms with E-state index in [0.29, 0.717) is 42.3 Å². The summed E-state index contributed by atoms with van der Waals surface area (Å²) in [5.74, 6) is 7.25. The number of benzene rings is 4.